The smallest absolute Gasteiger partial charge is 0.225 e. The number of furan rings is 1. The summed E-state index contributed by atoms with van der Waals surface area (Å²) in [6.45, 7) is 9.28. The summed E-state index contributed by atoms with van der Waals surface area (Å²) in [7, 11) is 0. The van der Waals surface area contributed by atoms with Gasteiger partial charge in [0.25, 0.3) is 0 Å². The first-order chi connectivity index (χ1) is 11.5. The van der Waals surface area contributed by atoms with Crippen LogP contribution >= 0.6 is 0 Å². The molecule has 0 spiro atoms. The summed E-state index contributed by atoms with van der Waals surface area (Å²) in [4.78, 5) is 12.6. The first kappa shape index (κ1) is 16.8. The average molecular weight is 329 g/mol. The number of carbonyl (C=O) groups is 1. The molecule has 0 saturated heterocycles. The standard InChI is InChI=1S/C19H27N3O2/c1-12(2)11-22-14(4)16(13(3)21-22)10-19(23)20-17-6-5-7-18-15(17)8-9-24-18/h8-9,12,17H,5-7,10-11H2,1-4H3,(H,20,23). The summed E-state index contributed by atoms with van der Waals surface area (Å²) in [6, 6.07) is 2.06. The van der Waals surface area contributed by atoms with Crippen LogP contribution in [0.25, 0.3) is 0 Å². The molecule has 0 radical (unpaired) electrons. The van der Waals surface area contributed by atoms with Crippen molar-refractivity contribution in [3.05, 3.63) is 40.6 Å². The van der Waals surface area contributed by atoms with E-state index in [9.17, 15) is 4.79 Å². The molecular weight excluding hydrogens is 302 g/mol. The van der Waals surface area contributed by atoms with Gasteiger partial charge in [-0.15, -0.1) is 0 Å². The Kier molecular flexibility index (Phi) is 4.78. The highest BCUT2D eigenvalue weighted by atomic mass is 16.3. The fourth-order valence-electron chi connectivity index (χ4n) is 3.56. The highest BCUT2D eigenvalue weighted by molar-refractivity contribution is 5.79. The third kappa shape index (κ3) is 3.40. The first-order valence-corrected chi connectivity index (χ1v) is 8.84. The molecule has 1 aliphatic rings. The Morgan fingerprint density at radius 3 is 3.00 bits per heavy atom. The van der Waals surface area contributed by atoms with Gasteiger partial charge in [-0.2, -0.15) is 5.10 Å². The molecule has 2 heterocycles. The van der Waals surface area contributed by atoms with Crippen LogP contribution in [0.5, 0.6) is 0 Å². The molecule has 1 atom stereocenters. The van der Waals surface area contributed by atoms with Gasteiger partial charge in [0.15, 0.2) is 0 Å². The summed E-state index contributed by atoms with van der Waals surface area (Å²) in [5, 5.41) is 7.78. The molecule has 0 aliphatic heterocycles. The lowest BCUT2D eigenvalue weighted by molar-refractivity contribution is -0.121. The molecule has 0 bridgehead atoms. The molecule has 2 aromatic heterocycles. The molecule has 1 aliphatic carbocycles. The average Bonchev–Trinajstić information content (AvgIpc) is 3.08. The lowest BCUT2D eigenvalue weighted by Crippen LogP contribution is -2.31. The van der Waals surface area contributed by atoms with Crippen molar-refractivity contribution in [3.63, 3.8) is 0 Å². The van der Waals surface area contributed by atoms with Crippen molar-refractivity contribution < 1.29 is 9.21 Å². The highest BCUT2D eigenvalue weighted by Gasteiger charge is 2.25. The normalized spacial score (nSPS) is 17.1. The number of hydrogen-bond donors (Lipinski definition) is 1. The van der Waals surface area contributed by atoms with Crippen LogP contribution in [0.1, 0.15) is 61.0 Å². The Morgan fingerprint density at radius 1 is 1.46 bits per heavy atom. The fourth-order valence-corrected chi connectivity index (χ4v) is 3.56. The van der Waals surface area contributed by atoms with Crippen LogP contribution < -0.4 is 5.32 Å². The topological polar surface area (TPSA) is 60.1 Å². The molecular formula is C19H27N3O2. The van der Waals surface area contributed by atoms with E-state index >= 15 is 0 Å². The van der Waals surface area contributed by atoms with Gasteiger partial charge in [0.1, 0.15) is 5.76 Å². The Morgan fingerprint density at radius 2 is 2.25 bits per heavy atom. The fraction of sp³-hybridized carbons (Fsp3) is 0.579. The first-order valence-electron chi connectivity index (χ1n) is 8.84. The van der Waals surface area contributed by atoms with Gasteiger partial charge >= 0.3 is 0 Å². The zero-order chi connectivity index (χ0) is 17.3. The largest absolute Gasteiger partial charge is 0.469 e. The Labute approximate surface area is 143 Å². The SMILES string of the molecule is Cc1nn(CC(C)C)c(C)c1CC(=O)NC1CCCc2occc21. The van der Waals surface area contributed by atoms with Gasteiger partial charge in [0, 0.05) is 29.8 Å². The van der Waals surface area contributed by atoms with Crippen molar-refractivity contribution in [3.8, 4) is 0 Å². The minimum atomic E-state index is 0.0596. The van der Waals surface area contributed by atoms with Crippen molar-refractivity contribution in [2.75, 3.05) is 0 Å². The number of fused-ring (bicyclic) bond motifs is 1. The predicted molar refractivity (Wildman–Crippen MR) is 92.8 cm³/mol. The maximum Gasteiger partial charge on any atom is 0.225 e. The number of amides is 1. The number of rotatable bonds is 5. The van der Waals surface area contributed by atoms with Gasteiger partial charge in [0.2, 0.25) is 5.91 Å². The van der Waals surface area contributed by atoms with E-state index in [2.05, 4.69) is 31.2 Å². The Bertz CT molecular complexity index is 727. The molecule has 5 nitrogen and oxygen atoms in total. The number of aromatic nitrogens is 2. The third-order valence-corrected chi connectivity index (χ3v) is 4.79. The maximum absolute atomic E-state index is 12.6. The molecule has 5 heteroatoms. The second-order valence-corrected chi connectivity index (χ2v) is 7.21. The molecule has 24 heavy (non-hydrogen) atoms. The lowest BCUT2D eigenvalue weighted by atomic mass is 9.93. The monoisotopic (exact) mass is 329 g/mol. The van der Waals surface area contributed by atoms with E-state index in [4.69, 9.17) is 4.42 Å². The van der Waals surface area contributed by atoms with Crippen molar-refractivity contribution in [1.82, 2.24) is 15.1 Å². The quantitative estimate of drug-likeness (QED) is 0.913. The summed E-state index contributed by atoms with van der Waals surface area (Å²) in [5.41, 5.74) is 4.25. The van der Waals surface area contributed by atoms with E-state index in [-0.39, 0.29) is 11.9 Å². The zero-order valence-corrected chi connectivity index (χ0v) is 15.1. The summed E-state index contributed by atoms with van der Waals surface area (Å²) < 4.78 is 7.53. The summed E-state index contributed by atoms with van der Waals surface area (Å²) in [6.07, 6.45) is 5.10. The van der Waals surface area contributed by atoms with E-state index < -0.39 is 0 Å². The van der Waals surface area contributed by atoms with Crippen LogP contribution in [-0.2, 0) is 24.2 Å². The van der Waals surface area contributed by atoms with E-state index in [0.29, 0.717) is 12.3 Å². The second kappa shape index (κ2) is 6.83. The molecule has 0 fully saturated rings. The molecule has 0 aromatic carbocycles. The molecule has 1 amide bonds. The summed E-state index contributed by atoms with van der Waals surface area (Å²) >= 11 is 0. The van der Waals surface area contributed by atoms with Crippen LogP contribution in [0.2, 0.25) is 0 Å². The highest BCUT2D eigenvalue weighted by Crippen LogP contribution is 2.30. The maximum atomic E-state index is 12.6. The van der Waals surface area contributed by atoms with Crippen molar-refractivity contribution >= 4 is 5.91 Å². The molecule has 1 N–H and O–H groups in total. The molecule has 1 unspecified atom stereocenters. The minimum Gasteiger partial charge on any atom is -0.469 e. The van der Waals surface area contributed by atoms with Gasteiger partial charge in [-0.3, -0.25) is 9.48 Å². The molecule has 0 saturated carbocycles. The van der Waals surface area contributed by atoms with Crippen LogP contribution in [0.15, 0.2) is 16.7 Å². The van der Waals surface area contributed by atoms with E-state index in [1.54, 1.807) is 6.26 Å². The number of aryl methyl sites for hydroxylation is 2. The number of carbonyl (C=O) groups excluding carboxylic acids is 1. The van der Waals surface area contributed by atoms with Gasteiger partial charge < -0.3 is 9.73 Å². The van der Waals surface area contributed by atoms with Crippen molar-refractivity contribution in [1.29, 1.82) is 0 Å². The molecule has 2 aromatic rings. The predicted octanol–water partition coefficient (Wildman–Crippen LogP) is 3.49. The number of nitrogens with one attached hydrogen (secondary N) is 1. The van der Waals surface area contributed by atoms with Gasteiger partial charge in [-0.05, 0) is 38.7 Å². The number of nitrogens with zero attached hydrogens (tertiary/aromatic N) is 2. The zero-order valence-electron chi connectivity index (χ0n) is 15.1. The molecule has 3 rings (SSSR count). The van der Waals surface area contributed by atoms with Crippen LogP contribution in [0.3, 0.4) is 0 Å². The van der Waals surface area contributed by atoms with Crippen molar-refractivity contribution in [2.24, 2.45) is 5.92 Å². The second-order valence-electron chi connectivity index (χ2n) is 7.21. The van der Waals surface area contributed by atoms with E-state index in [1.807, 2.05) is 17.7 Å². The van der Waals surface area contributed by atoms with Crippen LogP contribution in [0.4, 0.5) is 0 Å². The molecule has 130 valence electrons. The van der Waals surface area contributed by atoms with Crippen LogP contribution in [0, 0.1) is 19.8 Å². The lowest BCUT2D eigenvalue weighted by Gasteiger charge is -2.22. The van der Waals surface area contributed by atoms with E-state index in [0.717, 1.165) is 54.1 Å². The number of hydrogen-bond acceptors (Lipinski definition) is 3. The van der Waals surface area contributed by atoms with Crippen molar-refractivity contribution in [2.45, 2.75) is 66.0 Å². The Hall–Kier alpha value is -2.04. The van der Waals surface area contributed by atoms with Gasteiger partial charge in [0.05, 0.1) is 24.4 Å². The van der Waals surface area contributed by atoms with Gasteiger partial charge in [-0.1, -0.05) is 13.8 Å². The Balaban J connectivity index is 1.69. The third-order valence-electron chi connectivity index (χ3n) is 4.79. The van der Waals surface area contributed by atoms with Gasteiger partial charge in [-0.25, -0.2) is 0 Å². The summed E-state index contributed by atoms with van der Waals surface area (Å²) in [5.74, 6) is 1.61. The van der Waals surface area contributed by atoms with E-state index in [1.165, 1.54) is 0 Å². The van der Waals surface area contributed by atoms with Crippen LogP contribution in [-0.4, -0.2) is 15.7 Å². The minimum absolute atomic E-state index is 0.0596.